The van der Waals surface area contributed by atoms with E-state index in [1.807, 2.05) is 19.1 Å². The van der Waals surface area contributed by atoms with E-state index in [2.05, 4.69) is 4.90 Å². The summed E-state index contributed by atoms with van der Waals surface area (Å²) in [6.45, 7) is 7.00. The maximum Gasteiger partial charge on any atom is 0.126 e. The molecular weight excluding hydrogens is 253 g/mol. The molecule has 2 saturated heterocycles. The lowest BCUT2D eigenvalue weighted by atomic mass is 9.72. The van der Waals surface area contributed by atoms with Gasteiger partial charge < -0.3 is 4.74 Å². The second-order valence-corrected chi connectivity index (χ2v) is 6.47. The van der Waals surface area contributed by atoms with Crippen molar-refractivity contribution in [3.8, 4) is 0 Å². The van der Waals surface area contributed by atoms with E-state index in [-0.39, 0.29) is 5.82 Å². The van der Waals surface area contributed by atoms with Crippen LogP contribution in [0.2, 0.25) is 0 Å². The van der Waals surface area contributed by atoms with Crippen molar-refractivity contribution < 1.29 is 9.13 Å². The minimum Gasteiger partial charge on any atom is -0.381 e. The molecule has 3 rings (SSSR count). The standard InChI is InChI=1S/C17H24FNO/c1-14-12-15(2-3-16(14)18)13-19-8-4-17(5-9-19)6-10-20-11-7-17/h2-3,12H,4-11,13H2,1H3. The predicted molar refractivity (Wildman–Crippen MR) is 78.1 cm³/mol. The van der Waals surface area contributed by atoms with Gasteiger partial charge in [0.25, 0.3) is 0 Å². The van der Waals surface area contributed by atoms with Gasteiger partial charge in [-0.3, -0.25) is 4.90 Å². The van der Waals surface area contributed by atoms with Crippen LogP contribution in [0.4, 0.5) is 4.39 Å². The van der Waals surface area contributed by atoms with Crippen molar-refractivity contribution in [1.82, 2.24) is 4.90 Å². The minimum absolute atomic E-state index is 0.103. The minimum atomic E-state index is -0.103. The van der Waals surface area contributed by atoms with Gasteiger partial charge in [0.1, 0.15) is 5.82 Å². The van der Waals surface area contributed by atoms with Gasteiger partial charge in [-0.15, -0.1) is 0 Å². The van der Waals surface area contributed by atoms with Crippen molar-refractivity contribution in [3.63, 3.8) is 0 Å². The van der Waals surface area contributed by atoms with Crippen molar-refractivity contribution in [2.75, 3.05) is 26.3 Å². The van der Waals surface area contributed by atoms with E-state index in [1.54, 1.807) is 6.07 Å². The second-order valence-electron chi connectivity index (χ2n) is 6.47. The normalized spacial score (nSPS) is 23.1. The third-order valence-electron chi connectivity index (χ3n) is 5.10. The first-order valence-electron chi connectivity index (χ1n) is 7.72. The van der Waals surface area contributed by atoms with Crippen LogP contribution in [0.5, 0.6) is 0 Å². The van der Waals surface area contributed by atoms with E-state index in [0.717, 1.165) is 38.4 Å². The lowest BCUT2D eigenvalue weighted by Crippen LogP contribution is -2.42. The summed E-state index contributed by atoms with van der Waals surface area (Å²) in [7, 11) is 0. The molecule has 0 atom stereocenters. The predicted octanol–water partition coefficient (Wildman–Crippen LogP) is 3.53. The molecule has 2 aliphatic rings. The molecule has 2 fully saturated rings. The van der Waals surface area contributed by atoms with E-state index < -0.39 is 0 Å². The molecule has 0 aromatic heterocycles. The molecule has 0 saturated carbocycles. The number of ether oxygens (including phenoxy) is 1. The Morgan fingerprint density at radius 2 is 1.85 bits per heavy atom. The summed E-state index contributed by atoms with van der Waals surface area (Å²) in [5.41, 5.74) is 2.53. The molecule has 2 aliphatic heterocycles. The molecule has 0 radical (unpaired) electrons. The Balaban J connectivity index is 1.56. The van der Waals surface area contributed by atoms with Gasteiger partial charge in [-0.2, -0.15) is 0 Å². The molecule has 2 heterocycles. The summed E-state index contributed by atoms with van der Waals surface area (Å²) < 4.78 is 18.8. The van der Waals surface area contributed by atoms with Gasteiger partial charge in [-0.05, 0) is 68.3 Å². The Bertz CT molecular complexity index is 458. The zero-order valence-corrected chi connectivity index (χ0v) is 12.3. The zero-order chi connectivity index (χ0) is 14.0. The molecule has 0 N–H and O–H groups in total. The van der Waals surface area contributed by atoms with Crippen LogP contribution in [0.15, 0.2) is 18.2 Å². The number of hydrogen-bond donors (Lipinski definition) is 0. The van der Waals surface area contributed by atoms with Crippen LogP contribution in [0.1, 0.15) is 36.8 Å². The van der Waals surface area contributed by atoms with Gasteiger partial charge in [-0.1, -0.05) is 12.1 Å². The second kappa shape index (κ2) is 5.82. The summed E-state index contributed by atoms with van der Waals surface area (Å²) in [5.74, 6) is -0.103. The smallest absolute Gasteiger partial charge is 0.126 e. The molecule has 1 aromatic carbocycles. The van der Waals surface area contributed by atoms with E-state index in [1.165, 1.54) is 31.2 Å². The number of hydrogen-bond acceptors (Lipinski definition) is 2. The van der Waals surface area contributed by atoms with Crippen LogP contribution >= 0.6 is 0 Å². The van der Waals surface area contributed by atoms with Crippen LogP contribution in [0, 0.1) is 18.2 Å². The lowest BCUT2D eigenvalue weighted by Gasteiger charge is -2.44. The quantitative estimate of drug-likeness (QED) is 0.820. The highest BCUT2D eigenvalue weighted by Crippen LogP contribution is 2.40. The van der Waals surface area contributed by atoms with Crippen LogP contribution in [0.25, 0.3) is 0 Å². The maximum atomic E-state index is 13.3. The summed E-state index contributed by atoms with van der Waals surface area (Å²) in [5, 5.41) is 0. The molecule has 1 aromatic rings. The fourth-order valence-corrected chi connectivity index (χ4v) is 3.55. The molecule has 0 aliphatic carbocycles. The Morgan fingerprint density at radius 1 is 1.15 bits per heavy atom. The highest BCUT2D eigenvalue weighted by atomic mass is 19.1. The van der Waals surface area contributed by atoms with E-state index in [4.69, 9.17) is 4.74 Å². The number of aryl methyl sites for hydroxylation is 1. The molecular formula is C17H24FNO. The average Bonchev–Trinajstić information content (AvgIpc) is 2.47. The number of benzene rings is 1. The van der Waals surface area contributed by atoms with Gasteiger partial charge in [0.2, 0.25) is 0 Å². The van der Waals surface area contributed by atoms with Crippen LogP contribution in [0.3, 0.4) is 0 Å². The SMILES string of the molecule is Cc1cc(CN2CCC3(CCOCC3)CC2)ccc1F. The molecule has 2 nitrogen and oxygen atoms in total. The molecule has 1 spiro atoms. The Labute approximate surface area is 120 Å². The fraction of sp³-hybridized carbons (Fsp3) is 0.647. The van der Waals surface area contributed by atoms with Gasteiger partial charge in [0.05, 0.1) is 0 Å². The van der Waals surface area contributed by atoms with E-state index >= 15 is 0 Å². The molecule has 0 unspecified atom stereocenters. The first-order valence-corrected chi connectivity index (χ1v) is 7.72. The highest BCUT2D eigenvalue weighted by molar-refractivity contribution is 5.23. The number of likely N-dealkylation sites (tertiary alicyclic amines) is 1. The van der Waals surface area contributed by atoms with Crippen LogP contribution < -0.4 is 0 Å². The van der Waals surface area contributed by atoms with Gasteiger partial charge in [-0.25, -0.2) is 4.39 Å². The summed E-state index contributed by atoms with van der Waals surface area (Å²) in [6, 6.07) is 5.49. The van der Waals surface area contributed by atoms with Crippen molar-refractivity contribution >= 4 is 0 Å². The van der Waals surface area contributed by atoms with Crippen LogP contribution in [-0.2, 0) is 11.3 Å². The average molecular weight is 277 g/mol. The topological polar surface area (TPSA) is 12.5 Å². The molecule has 110 valence electrons. The number of nitrogens with zero attached hydrogens (tertiary/aromatic N) is 1. The Morgan fingerprint density at radius 3 is 2.50 bits per heavy atom. The Kier molecular flexibility index (Phi) is 4.08. The fourth-order valence-electron chi connectivity index (χ4n) is 3.55. The van der Waals surface area contributed by atoms with Gasteiger partial charge in [0.15, 0.2) is 0 Å². The third-order valence-corrected chi connectivity index (χ3v) is 5.10. The largest absolute Gasteiger partial charge is 0.381 e. The first kappa shape index (κ1) is 14.0. The third kappa shape index (κ3) is 3.04. The van der Waals surface area contributed by atoms with Gasteiger partial charge in [0, 0.05) is 19.8 Å². The molecule has 3 heteroatoms. The Hall–Kier alpha value is -0.930. The van der Waals surface area contributed by atoms with Crippen molar-refractivity contribution in [3.05, 3.63) is 35.1 Å². The lowest BCUT2D eigenvalue weighted by molar-refractivity contribution is -0.0218. The first-order chi connectivity index (χ1) is 9.67. The molecule has 0 bridgehead atoms. The van der Waals surface area contributed by atoms with E-state index in [9.17, 15) is 4.39 Å². The molecule has 20 heavy (non-hydrogen) atoms. The van der Waals surface area contributed by atoms with Crippen molar-refractivity contribution in [2.45, 2.75) is 39.2 Å². The van der Waals surface area contributed by atoms with Crippen LogP contribution in [-0.4, -0.2) is 31.2 Å². The number of rotatable bonds is 2. The highest BCUT2D eigenvalue weighted by Gasteiger charge is 2.35. The summed E-state index contributed by atoms with van der Waals surface area (Å²) in [4.78, 5) is 2.51. The number of halogens is 1. The molecule has 0 amide bonds. The monoisotopic (exact) mass is 277 g/mol. The number of piperidine rings is 1. The zero-order valence-electron chi connectivity index (χ0n) is 12.3. The van der Waals surface area contributed by atoms with Crippen molar-refractivity contribution in [2.24, 2.45) is 5.41 Å². The van der Waals surface area contributed by atoms with E-state index in [0.29, 0.717) is 5.41 Å². The van der Waals surface area contributed by atoms with Gasteiger partial charge >= 0.3 is 0 Å². The summed E-state index contributed by atoms with van der Waals surface area (Å²) in [6.07, 6.45) is 5.04. The maximum absolute atomic E-state index is 13.3. The summed E-state index contributed by atoms with van der Waals surface area (Å²) >= 11 is 0. The van der Waals surface area contributed by atoms with Crippen molar-refractivity contribution in [1.29, 1.82) is 0 Å².